The number of aromatic amines is 1. The summed E-state index contributed by atoms with van der Waals surface area (Å²) >= 11 is 0.00168. The van der Waals surface area contributed by atoms with Gasteiger partial charge in [0.05, 0.1) is 0 Å². The molecule has 0 spiro atoms. The molecule has 30 heavy (non-hydrogen) atoms. The number of nitrogens with one attached hydrogen (secondary N) is 1. The van der Waals surface area contributed by atoms with Gasteiger partial charge >= 0.3 is 182 Å². The van der Waals surface area contributed by atoms with Crippen molar-refractivity contribution < 1.29 is 18.9 Å². The van der Waals surface area contributed by atoms with Gasteiger partial charge in [0, 0.05) is 0 Å². The summed E-state index contributed by atoms with van der Waals surface area (Å²) in [6.07, 6.45) is 0. The van der Waals surface area contributed by atoms with Crippen molar-refractivity contribution in [3.63, 3.8) is 0 Å². The predicted molar refractivity (Wildman–Crippen MR) is 121 cm³/mol. The number of hydrogen-bond acceptors (Lipinski definition) is 4. The van der Waals surface area contributed by atoms with Crippen molar-refractivity contribution in [3.8, 4) is 34.3 Å². The number of ether oxygens (including phenoxy) is 4. The summed E-state index contributed by atoms with van der Waals surface area (Å²) in [7, 11) is 6.58. The molecule has 0 radical (unpaired) electrons. The Balaban J connectivity index is 1.84. The zero-order chi connectivity index (χ0) is 21.1. The minimum absolute atomic E-state index is 0.00168. The van der Waals surface area contributed by atoms with E-state index < -0.39 is 0 Å². The summed E-state index contributed by atoms with van der Waals surface area (Å²) in [6.45, 7) is 0. The monoisotopic (exact) mass is 469 g/mol. The molecule has 6 heteroatoms. The molecule has 154 valence electrons. The van der Waals surface area contributed by atoms with Gasteiger partial charge in [-0.25, -0.2) is 0 Å². The summed E-state index contributed by atoms with van der Waals surface area (Å²) in [5.41, 5.74) is 3.36. The number of aromatic nitrogens is 1. The van der Waals surface area contributed by atoms with Gasteiger partial charge in [0.1, 0.15) is 0 Å². The fourth-order valence-electron chi connectivity index (χ4n) is 3.42. The molecular weight excluding hydrogens is 445 g/mol. The Morgan fingerprint density at radius 3 is 2.00 bits per heavy atom. The molecule has 0 saturated carbocycles. The van der Waals surface area contributed by atoms with Crippen molar-refractivity contribution in [2.45, 2.75) is 0 Å². The van der Waals surface area contributed by atoms with Crippen LogP contribution in [0.3, 0.4) is 0 Å². The van der Waals surface area contributed by atoms with E-state index in [2.05, 4.69) is 35.3 Å². The molecule has 0 bridgehead atoms. The normalized spacial score (nSPS) is 10.8. The molecule has 0 aliphatic rings. The number of rotatable bonds is 7. The first kappa shape index (κ1) is 20.2. The standard InChI is InChI=1S/C24H23NO4Se/c1-26-16-11-9-15(10-12-16)22-24(18-7-5-6-8-19(18)25-22)30-17-13-20(27-2)23(29-4)21(14-17)28-3/h5-14,25H,1-4H3. The van der Waals surface area contributed by atoms with E-state index in [9.17, 15) is 0 Å². The molecule has 1 N–H and O–H groups in total. The van der Waals surface area contributed by atoms with Crippen LogP contribution >= 0.6 is 0 Å². The van der Waals surface area contributed by atoms with Crippen molar-refractivity contribution in [1.29, 1.82) is 0 Å². The number of fused-ring (bicyclic) bond motifs is 1. The van der Waals surface area contributed by atoms with Gasteiger partial charge < -0.3 is 0 Å². The summed E-state index contributed by atoms with van der Waals surface area (Å²) in [5, 5.41) is 1.22. The van der Waals surface area contributed by atoms with Gasteiger partial charge in [0.15, 0.2) is 0 Å². The van der Waals surface area contributed by atoms with E-state index >= 15 is 0 Å². The molecule has 1 heterocycles. The van der Waals surface area contributed by atoms with E-state index in [1.165, 1.54) is 9.85 Å². The van der Waals surface area contributed by atoms with Gasteiger partial charge in [-0.3, -0.25) is 0 Å². The molecule has 0 aliphatic carbocycles. The maximum absolute atomic E-state index is 5.55. The number of methoxy groups -OCH3 is 4. The van der Waals surface area contributed by atoms with Crippen molar-refractivity contribution in [1.82, 2.24) is 4.98 Å². The molecular formula is C24H23NO4Se. The van der Waals surface area contributed by atoms with Crippen LogP contribution in [0.15, 0.2) is 60.7 Å². The van der Waals surface area contributed by atoms with Crippen LogP contribution in [0.4, 0.5) is 0 Å². The van der Waals surface area contributed by atoms with Crippen LogP contribution in [0.2, 0.25) is 0 Å². The molecule has 0 amide bonds. The van der Waals surface area contributed by atoms with Gasteiger partial charge in [-0.2, -0.15) is 0 Å². The molecule has 5 nitrogen and oxygen atoms in total. The van der Waals surface area contributed by atoms with Crippen LogP contribution < -0.4 is 27.9 Å². The Labute approximate surface area is 182 Å². The number of H-pyrrole nitrogens is 1. The van der Waals surface area contributed by atoms with Gasteiger partial charge in [-0.1, -0.05) is 0 Å². The number of hydrogen-bond donors (Lipinski definition) is 1. The third-order valence-electron chi connectivity index (χ3n) is 4.90. The Morgan fingerprint density at radius 2 is 1.40 bits per heavy atom. The molecule has 4 rings (SSSR count). The van der Waals surface area contributed by atoms with Gasteiger partial charge in [-0.15, -0.1) is 0 Å². The molecule has 1 aromatic heterocycles. The summed E-state index contributed by atoms with van der Waals surface area (Å²) in [6, 6.07) is 20.6. The van der Waals surface area contributed by atoms with Gasteiger partial charge in [0.2, 0.25) is 0 Å². The molecule has 4 aromatic rings. The van der Waals surface area contributed by atoms with Crippen molar-refractivity contribution in [2.24, 2.45) is 0 Å². The van der Waals surface area contributed by atoms with Crippen molar-refractivity contribution >= 4 is 34.8 Å². The Kier molecular flexibility index (Phi) is 5.88. The van der Waals surface area contributed by atoms with Crippen LogP contribution in [-0.4, -0.2) is 48.4 Å². The van der Waals surface area contributed by atoms with Crippen LogP contribution in [-0.2, 0) is 0 Å². The summed E-state index contributed by atoms with van der Waals surface area (Å²) in [4.78, 5) is 3.61. The quantitative estimate of drug-likeness (QED) is 0.422. The fourth-order valence-corrected chi connectivity index (χ4v) is 5.78. The van der Waals surface area contributed by atoms with E-state index in [0.29, 0.717) is 17.2 Å². The zero-order valence-electron chi connectivity index (χ0n) is 17.3. The Bertz CT molecular complexity index is 1140. The summed E-state index contributed by atoms with van der Waals surface area (Å²) in [5.74, 6) is 2.78. The second-order valence-corrected chi connectivity index (χ2v) is 8.84. The zero-order valence-corrected chi connectivity index (χ0v) is 19.0. The van der Waals surface area contributed by atoms with Gasteiger partial charge in [-0.05, 0) is 0 Å². The Morgan fingerprint density at radius 1 is 0.733 bits per heavy atom. The third-order valence-corrected chi connectivity index (χ3v) is 7.20. The molecule has 0 aliphatic heterocycles. The molecule has 0 saturated heterocycles. The maximum atomic E-state index is 5.55. The second kappa shape index (κ2) is 8.74. The fraction of sp³-hybridized carbons (Fsp3) is 0.167. The first-order valence-corrected chi connectivity index (χ1v) is 11.1. The van der Waals surface area contributed by atoms with E-state index in [1.807, 2.05) is 30.3 Å². The van der Waals surface area contributed by atoms with Crippen LogP contribution in [0.5, 0.6) is 23.0 Å². The second-order valence-electron chi connectivity index (χ2n) is 6.57. The van der Waals surface area contributed by atoms with Crippen LogP contribution in [0.1, 0.15) is 0 Å². The van der Waals surface area contributed by atoms with E-state index in [4.69, 9.17) is 18.9 Å². The van der Waals surface area contributed by atoms with E-state index in [0.717, 1.165) is 27.0 Å². The van der Waals surface area contributed by atoms with Crippen LogP contribution in [0, 0.1) is 0 Å². The summed E-state index contributed by atoms with van der Waals surface area (Å²) < 4.78 is 24.3. The van der Waals surface area contributed by atoms with E-state index in [1.54, 1.807) is 28.4 Å². The SMILES string of the molecule is COc1ccc(-c2[nH]c3ccccc3c2[Se]c2cc(OC)c(OC)c(OC)c2)cc1. The predicted octanol–water partition coefficient (Wildman–Crippen LogP) is 3.52. The average molecular weight is 468 g/mol. The molecule has 0 unspecified atom stereocenters. The third kappa shape index (κ3) is 3.72. The van der Waals surface area contributed by atoms with Crippen LogP contribution in [0.25, 0.3) is 22.2 Å². The van der Waals surface area contributed by atoms with E-state index in [-0.39, 0.29) is 15.0 Å². The molecule has 3 aromatic carbocycles. The topological polar surface area (TPSA) is 52.7 Å². The van der Waals surface area contributed by atoms with Gasteiger partial charge in [0.25, 0.3) is 0 Å². The van der Waals surface area contributed by atoms with Crippen molar-refractivity contribution in [3.05, 3.63) is 60.7 Å². The van der Waals surface area contributed by atoms with Crippen molar-refractivity contribution in [2.75, 3.05) is 28.4 Å². The first-order valence-electron chi connectivity index (χ1n) is 9.41. The Hall–Kier alpha value is -3.08. The minimum atomic E-state index is 0.00168. The molecule has 0 fully saturated rings. The number of benzene rings is 3. The molecule has 0 atom stereocenters. The number of para-hydroxylation sites is 1. The average Bonchev–Trinajstić information content (AvgIpc) is 3.16. The first-order chi connectivity index (χ1) is 14.7.